The van der Waals surface area contributed by atoms with Crippen LogP contribution in [0.25, 0.3) is 0 Å². The first kappa shape index (κ1) is 14.8. The Bertz CT molecular complexity index is 326. The Balaban J connectivity index is 2.80. The molecule has 0 aliphatic rings. The minimum atomic E-state index is 0.650. The molecule has 18 heavy (non-hydrogen) atoms. The van der Waals surface area contributed by atoms with Gasteiger partial charge in [0.1, 0.15) is 0 Å². The summed E-state index contributed by atoms with van der Waals surface area (Å²) in [7, 11) is 1.94. The molecule has 0 fully saturated rings. The van der Waals surface area contributed by atoms with Gasteiger partial charge in [-0.3, -0.25) is 0 Å². The molecule has 0 amide bonds. The highest BCUT2D eigenvalue weighted by Gasteiger charge is 2.10. The first-order valence-corrected chi connectivity index (χ1v) is 6.71. The first-order chi connectivity index (χ1) is 8.69. The first-order valence-electron chi connectivity index (χ1n) is 6.71. The van der Waals surface area contributed by atoms with Gasteiger partial charge in [0.2, 0.25) is 0 Å². The fourth-order valence-electron chi connectivity index (χ4n) is 1.72. The van der Waals surface area contributed by atoms with Crippen LogP contribution < -0.4 is 14.8 Å². The van der Waals surface area contributed by atoms with E-state index in [0.717, 1.165) is 36.6 Å². The summed E-state index contributed by atoms with van der Waals surface area (Å²) in [6.45, 7) is 8.57. The smallest absolute Gasteiger partial charge is 0.165 e. The van der Waals surface area contributed by atoms with Gasteiger partial charge in [-0.1, -0.05) is 26.0 Å². The maximum absolute atomic E-state index is 5.92. The van der Waals surface area contributed by atoms with Crippen LogP contribution in [0.3, 0.4) is 0 Å². The number of benzene rings is 1. The Morgan fingerprint density at radius 3 is 2.61 bits per heavy atom. The second-order valence-corrected chi connectivity index (χ2v) is 4.74. The summed E-state index contributed by atoms with van der Waals surface area (Å²) in [5, 5.41) is 3.16. The Labute approximate surface area is 110 Å². The SMILES string of the molecule is CCOc1cccc(CNC)c1OCCC(C)C. The number of hydrogen-bond acceptors (Lipinski definition) is 3. The van der Waals surface area contributed by atoms with Crippen LogP contribution in [0.1, 0.15) is 32.8 Å². The van der Waals surface area contributed by atoms with Crippen molar-refractivity contribution in [2.24, 2.45) is 5.92 Å². The summed E-state index contributed by atoms with van der Waals surface area (Å²) >= 11 is 0. The summed E-state index contributed by atoms with van der Waals surface area (Å²) in [6.07, 6.45) is 1.06. The van der Waals surface area contributed by atoms with Gasteiger partial charge in [-0.2, -0.15) is 0 Å². The molecule has 1 rings (SSSR count). The van der Waals surface area contributed by atoms with Crippen LogP contribution in [0.15, 0.2) is 18.2 Å². The van der Waals surface area contributed by atoms with Crippen molar-refractivity contribution in [2.45, 2.75) is 33.7 Å². The lowest BCUT2D eigenvalue weighted by molar-refractivity contribution is 0.258. The van der Waals surface area contributed by atoms with Gasteiger partial charge in [0.05, 0.1) is 13.2 Å². The maximum Gasteiger partial charge on any atom is 0.165 e. The highest BCUT2D eigenvalue weighted by Crippen LogP contribution is 2.31. The molecule has 1 aromatic rings. The number of nitrogens with one attached hydrogen (secondary N) is 1. The molecule has 0 spiro atoms. The van der Waals surface area contributed by atoms with Crippen molar-refractivity contribution in [3.8, 4) is 11.5 Å². The van der Waals surface area contributed by atoms with Gasteiger partial charge < -0.3 is 14.8 Å². The lowest BCUT2D eigenvalue weighted by Gasteiger charge is -2.16. The summed E-state index contributed by atoms with van der Waals surface area (Å²) in [6, 6.07) is 6.05. The lowest BCUT2D eigenvalue weighted by Crippen LogP contribution is -2.10. The Kier molecular flexibility index (Phi) is 6.58. The monoisotopic (exact) mass is 251 g/mol. The van der Waals surface area contributed by atoms with E-state index >= 15 is 0 Å². The normalized spacial score (nSPS) is 10.7. The quantitative estimate of drug-likeness (QED) is 0.769. The maximum atomic E-state index is 5.92. The molecule has 0 atom stereocenters. The van der Waals surface area contributed by atoms with Crippen LogP contribution in [0.5, 0.6) is 11.5 Å². The predicted octanol–water partition coefficient (Wildman–Crippen LogP) is 3.23. The molecule has 3 heteroatoms. The van der Waals surface area contributed by atoms with Gasteiger partial charge in [0, 0.05) is 12.1 Å². The zero-order chi connectivity index (χ0) is 13.4. The standard InChI is InChI=1S/C15H25NO2/c1-5-17-14-8-6-7-13(11-16-4)15(14)18-10-9-12(2)3/h6-8,12,16H,5,9-11H2,1-4H3. The van der Waals surface area contributed by atoms with Crippen LogP contribution in [0.2, 0.25) is 0 Å². The van der Waals surface area contributed by atoms with E-state index in [0.29, 0.717) is 12.5 Å². The predicted molar refractivity (Wildman–Crippen MR) is 75.3 cm³/mol. The highest BCUT2D eigenvalue weighted by atomic mass is 16.5. The van der Waals surface area contributed by atoms with Crippen LogP contribution in [0, 0.1) is 5.92 Å². The van der Waals surface area contributed by atoms with Crippen molar-refractivity contribution in [2.75, 3.05) is 20.3 Å². The van der Waals surface area contributed by atoms with E-state index in [1.807, 2.05) is 26.1 Å². The van der Waals surface area contributed by atoms with Crippen molar-refractivity contribution in [1.29, 1.82) is 0 Å². The molecular formula is C15H25NO2. The van der Waals surface area contributed by atoms with Crippen molar-refractivity contribution in [1.82, 2.24) is 5.32 Å². The van der Waals surface area contributed by atoms with E-state index in [9.17, 15) is 0 Å². The van der Waals surface area contributed by atoms with Crippen molar-refractivity contribution >= 4 is 0 Å². The molecular weight excluding hydrogens is 226 g/mol. The van der Waals surface area contributed by atoms with Crippen molar-refractivity contribution < 1.29 is 9.47 Å². The Morgan fingerprint density at radius 1 is 1.22 bits per heavy atom. The molecule has 0 saturated heterocycles. The number of hydrogen-bond donors (Lipinski definition) is 1. The van der Waals surface area contributed by atoms with E-state index in [2.05, 4.69) is 25.2 Å². The number of para-hydroxylation sites is 1. The van der Waals surface area contributed by atoms with Gasteiger partial charge in [-0.15, -0.1) is 0 Å². The highest BCUT2D eigenvalue weighted by molar-refractivity contribution is 5.46. The van der Waals surface area contributed by atoms with E-state index in [1.165, 1.54) is 0 Å². The fraction of sp³-hybridized carbons (Fsp3) is 0.600. The number of ether oxygens (including phenoxy) is 2. The fourth-order valence-corrected chi connectivity index (χ4v) is 1.72. The van der Waals surface area contributed by atoms with Crippen molar-refractivity contribution in [3.63, 3.8) is 0 Å². The molecule has 0 aromatic heterocycles. The molecule has 3 nitrogen and oxygen atoms in total. The molecule has 102 valence electrons. The summed E-state index contributed by atoms with van der Waals surface area (Å²) in [5.74, 6) is 2.38. The minimum Gasteiger partial charge on any atom is -0.490 e. The molecule has 0 aliphatic carbocycles. The van der Waals surface area contributed by atoms with Crippen LogP contribution >= 0.6 is 0 Å². The third-order valence-corrected chi connectivity index (χ3v) is 2.67. The third kappa shape index (κ3) is 4.57. The van der Waals surface area contributed by atoms with Gasteiger partial charge >= 0.3 is 0 Å². The average molecular weight is 251 g/mol. The van der Waals surface area contributed by atoms with Crippen LogP contribution in [0.4, 0.5) is 0 Å². The molecule has 0 heterocycles. The minimum absolute atomic E-state index is 0.650. The summed E-state index contributed by atoms with van der Waals surface area (Å²) < 4.78 is 11.5. The van der Waals surface area contributed by atoms with Gasteiger partial charge in [-0.25, -0.2) is 0 Å². The van der Waals surface area contributed by atoms with Gasteiger partial charge in [0.25, 0.3) is 0 Å². The molecule has 1 N–H and O–H groups in total. The van der Waals surface area contributed by atoms with E-state index in [4.69, 9.17) is 9.47 Å². The lowest BCUT2D eigenvalue weighted by atomic mass is 10.1. The van der Waals surface area contributed by atoms with Crippen molar-refractivity contribution in [3.05, 3.63) is 23.8 Å². The van der Waals surface area contributed by atoms with Crippen LogP contribution in [-0.2, 0) is 6.54 Å². The van der Waals surface area contributed by atoms with Crippen LogP contribution in [-0.4, -0.2) is 20.3 Å². The molecule has 0 unspecified atom stereocenters. The topological polar surface area (TPSA) is 30.5 Å². The molecule has 0 aliphatic heterocycles. The molecule has 0 saturated carbocycles. The molecule has 0 bridgehead atoms. The Morgan fingerprint density at radius 2 is 2.00 bits per heavy atom. The molecule has 0 radical (unpaired) electrons. The number of rotatable bonds is 8. The van der Waals surface area contributed by atoms with Gasteiger partial charge in [0.15, 0.2) is 11.5 Å². The van der Waals surface area contributed by atoms with E-state index in [1.54, 1.807) is 0 Å². The van der Waals surface area contributed by atoms with E-state index in [-0.39, 0.29) is 0 Å². The van der Waals surface area contributed by atoms with E-state index < -0.39 is 0 Å². The Hall–Kier alpha value is -1.22. The summed E-state index contributed by atoms with van der Waals surface area (Å²) in [5.41, 5.74) is 1.15. The second kappa shape index (κ2) is 7.98. The zero-order valence-corrected chi connectivity index (χ0v) is 12.0. The zero-order valence-electron chi connectivity index (χ0n) is 12.0. The second-order valence-electron chi connectivity index (χ2n) is 4.74. The third-order valence-electron chi connectivity index (χ3n) is 2.67. The average Bonchev–Trinajstić information content (AvgIpc) is 2.32. The van der Waals surface area contributed by atoms with Gasteiger partial charge in [-0.05, 0) is 32.4 Å². The molecule has 1 aromatic carbocycles. The summed E-state index contributed by atoms with van der Waals surface area (Å²) in [4.78, 5) is 0. The largest absolute Gasteiger partial charge is 0.490 e.